The number of nitrogens with zero attached hydrogens (tertiary/aromatic N) is 4. The Hall–Kier alpha value is -1.78. The quantitative estimate of drug-likeness (QED) is 0.903. The van der Waals surface area contributed by atoms with Gasteiger partial charge in [-0.25, -0.2) is 4.98 Å². The van der Waals surface area contributed by atoms with Gasteiger partial charge in [-0.2, -0.15) is 5.10 Å². The average molecular weight is 261 g/mol. The van der Waals surface area contributed by atoms with Crippen LogP contribution in [0.5, 0.6) is 0 Å². The van der Waals surface area contributed by atoms with Gasteiger partial charge in [-0.15, -0.1) is 0 Å². The predicted molar refractivity (Wildman–Crippen MR) is 78.0 cm³/mol. The zero-order valence-electron chi connectivity index (χ0n) is 12.7. The molecular weight excluding hydrogens is 238 g/mol. The molecule has 0 aliphatic heterocycles. The highest BCUT2D eigenvalue weighted by Gasteiger charge is 2.24. The van der Waals surface area contributed by atoms with Crippen LogP contribution in [0.25, 0.3) is 11.3 Å². The van der Waals surface area contributed by atoms with Gasteiger partial charge in [-0.1, -0.05) is 6.92 Å². The summed E-state index contributed by atoms with van der Waals surface area (Å²) in [6.07, 6.45) is 2.86. The number of hydrogen-bond acceptors (Lipinski definition) is 3. The summed E-state index contributed by atoms with van der Waals surface area (Å²) >= 11 is 0. The predicted octanol–water partition coefficient (Wildman–Crippen LogP) is 2.49. The van der Waals surface area contributed by atoms with Crippen LogP contribution in [0.15, 0.2) is 6.20 Å². The molecule has 2 aromatic rings. The first-order valence-corrected chi connectivity index (χ1v) is 6.64. The summed E-state index contributed by atoms with van der Waals surface area (Å²) in [5, 5.41) is 4.46. The Kier molecular flexibility index (Phi) is 3.16. The zero-order chi connectivity index (χ0) is 14.4. The molecule has 0 aliphatic rings. The van der Waals surface area contributed by atoms with E-state index in [1.807, 2.05) is 24.9 Å². The van der Waals surface area contributed by atoms with Crippen molar-refractivity contribution in [3.63, 3.8) is 0 Å². The summed E-state index contributed by atoms with van der Waals surface area (Å²) in [7, 11) is 1.92. The molecule has 2 heterocycles. The lowest BCUT2D eigenvalue weighted by molar-refractivity contribution is 0.393. The number of anilines is 1. The minimum Gasteiger partial charge on any atom is -0.383 e. The first-order chi connectivity index (χ1) is 8.75. The van der Waals surface area contributed by atoms with Gasteiger partial charge < -0.3 is 10.3 Å². The number of hydrogen-bond donors (Lipinski definition) is 1. The van der Waals surface area contributed by atoms with Gasteiger partial charge in [0.05, 0.1) is 5.69 Å². The molecule has 2 N–H and O–H groups in total. The molecule has 0 aromatic carbocycles. The molecule has 2 aromatic heterocycles. The normalized spacial score (nSPS) is 12.1. The van der Waals surface area contributed by atoms with Gasteiger partial charge in [0.1, 0.15) is 17.3 Å². The molecule has 0 fully saturated rings. The van der Waals surface area contributed by atoms with Crippen molar-refractivity contribution in [2.75, 3.05) is 5.73 Å². The Morgan fingerprint density at radius 2 is 1.95 bits per heavy atom. The summed E-state index contributed by atoms with van der Waals surface area (Å²) in [5.41, 5.74) is 9.16. The molecule has 0 aliphatic carbocycles. The van der Waals surface area contributed by atoms with Crippen molar-refractivity contribution in [2.45, 2.75) is 46.6 Å². The molecule has 0 saturated carbocycles. The summed E-state index contributed by atoms with van der Waals surface area (Å²) in [6.45, 7) is 10.5. The average Bonchev–Trinajstić information content (AvgIpc) is 2.77. The standard InChI is InChI=1S/C14H23N5/c1-7-11-10(8-18(6)17-11)12-13(15)19(9(2)16-12)14(3,4)5/h8H,7,15H2,1-6H3. The molecule has 104 valence electrons. The number of aromatic nitrogens is 4. The fraction of sp³-hybridized carbons (Fsp3) is 0.571. The highest BCUT2D eigenvalue weighted by Crippen LogP contribution is 2.32. The Bertz CT molecular complexity index is 598. The van der Waals surface area contributed by atoms with Crippen LogP contribution in [-0.2, 0) is 19.0 Å². The number of rotatable bonds is 2. The molecule has 19 heavy (non-hydrogen) atoms. The second-order valence-electron chi connectivity index (χ2n) is 5.92. The first-order valence-electron chi connectivity index (χ1n) is 6.64. The molecule has 5 heteroatoms. The second-order valence-corrected chi connectivity index (χ2v) is 5.92. The van der Waals surface area contributed by atoms with E-state index in [1.165, 1.54) is 0 Å². The van der Waals surface area contributed by atoms with E-state index in [1.54, 1.807) is 0 Å². The minimum absolute atomic E-state index is 0.0754. The fourth-order valence-corrected chi connectivity index (χ4v) is 2.59. The van der Waals surface area contributed by atoms with Gasteiger partial charge in [0, 0.05) is 24.3 Å². The number of aryl methyl sites for hydroxylation is 3. The van der Waals surface area contributed by atoms with E-state index >= 15 is 0 Å². The zero-order valence-corrected chi connectivity index (χ0v) is 12.7. The van der Waals surface area contributed by atoms with E-state index in [0.29, 0.717) is 5.82 Å². The molecular formula is C14H23N5. The molecule has 0 unspecified atom stereocenters. The van der Waals surface area contributed by atoms with E-state index in [4.69, 9.17) is 5.73 Å². The van der Waals surface area contributed by atoms with Crippen molar-refractivity contribution >= 4 is 5.82 Å². The van der Waals surface area contributed by atoms with Crippen molar-refractivity contribution in [2.24, 2.45) is 7.05 Å². The van der Waals surface area contributed by atoms with Crippen LogP contribution in [0.4, 0.5) is 5.82 Å². The van der Waals surface area contributed by atoms with Gasteiger partial charge >= 0.3 is 0 Å². The number of nitrogens with two attached hydrogens (primary N) is 1. The van der Waals surface area contributed by atoms with Crippen molar-refractivity contribution in [3.8, 4) is 11.3 Å². The first kappa shape index (κ1) is 13.6. The van der Waals surface area contributed by atoms with Gasteiger partial charge in [-0.3, -0.25) is 4.68 Å². The maximum Gasteiger partial charge on any atom is 0.132 e. The Morgan fingerprint density at radius 3 is 2.42 bits per heavy atom. The molecule has 0 bridgehead atoms. The maximum atomic E-state index is 6.32. The number of nitrogen functional groups attached to an aromatic ring is 1. The van der Waals surface area contributed by atoms with Gasteiger partial charge in [0.2, 0.25) is 0 Å². The van der Waals surface area contributed by atoms with Gasteiger partial charge in [-0.05, 0) is 34.1 Å². The van der Waals surface area contributed by atoms with Crippen LogP contribution >= 0.6 is 0 Å². The van der Waals surface area contributed by atoms with E-state index in [9.17, 15) is 0 Å². The number of imidazole rings is 1. The Balaban J connectivity index is 2.64. The van der Waals surface area contributed by atoms with E-state index < -0.39 is 0 Å². The van der Waals surface area contributed by atoms with Crippen LogP contribution in [0.3, 0.4) is 0 Å². The van der Waals surface area contributed by atoms with Crippen molar-refractivity contribution in [3.05, 3.63) is 17.7 Å². The monoisotopic (exact) mass is 261 g/mol. The maximum absolute atomic E-state index is 6.32. The molecule has 0 amide bonds. The lowest BCUT2D eigenvalue weighted by Gasteiger charge is -2.24. The molecule has 5 nitrogen and oxygen atoms in total. The van der Waals surface area contributed by atoms with E-state index in [0.717, 1.165) is 29.2 Å². The van der Waals surface area contributed by atoms with Crippen LogP contribution in [0.2, 0.25) is 0 Å². The van der Waals surface area contributed by atoms with E-state index in [2.05, 4.69) is 42.3 Å². The molecule has 0 atom stereocenters. The van der Waals surface area contributed by atoms with Crippen LogP contribution in [-0.4, -0.2) is 19.3 Å². The molecule has 0 radical (unpaired) electrons. The van der Waals surface area contributed by atoms with Crippen LogP contribution < -0.4 is 5.73 Å². The van der Waals surface area contributed by atoms with E-state index in [-0.39, 0.29) is 5.54 Å². The minimum atomic E-state index is -0.0754. The molecule has 2 rings (SSSR count). The smallest absolute Gasteiger partial charge is 0.132 e. The highest BCUT2D eigenvalue weighted by atomic mass is 15.3. The lowest BCUT2D eigenvalue weighted by Crippen LogP contribution is -2.24. The van der Waals surface area contributed by atoms with Crippen molar-refractivity contribution in [1.29, 1.82) is 0 Å². The molecule has 0 saturated heterocycles. The topological polar surface area (TPSA) is 61.7 Å². The summed E-state index contributed by atoms with van der Waals surface area (Å²) in [6, 6.07) is 0. The third-order valence-electron chi connectivity index (χ3n) is 3.25. The van der Waals surface area contributed by atoms with Gasteiger partial charge in [0.25, 0.3) is 0 Å². The van der Waals surface area contributed by atoms with Crippen LogP contribution in [0, 0.1) is 6.92 Å². The third kappa shape index (κ3) is 2.25. The van der Waals surface area contributed by atoms with Crippen molar-refractivity contribution in [1.82, 2.24) is 19.3 Å². The van der Waals surface area contributed by atoms with Crippen LogP contribution in [0.1, 0.15) is 39.2 Å². The third-order valence-corrected chi connectivity index (χ3v) is 3.25. The highest BCUT2D eigenvalue weighted by molar-refractivity contribution is 5.72. The fourth-order valence-electron chi connectivity index (χ4n) is 2.59. The van der Waals surface area contributed by atoms with Gasteiger partial charge in [0.15, 0.2) is 0 Å². The summed E-state index contributed by atoms with van der Waals surface area (Å²) < 4.78 is 3.90. The van der Waals surface area contributed by atoms with Crippen molar-refractivity contribution < 1.29 is 0 Å². The summed E-state index contributed by atoms with van der Waals surface area (Å²) in [4.78, 5) is 4.65. The second kappa shape index (κ2) is 4.40. The SMILES string of the molecule is CCc1nn(C)cc1-c1nc(C)n(C(C)(C)C)c1N. The Labute approximate surface area is 114 Å². The Morgan fingerprint density at radius 1 is 1.32 bits per heavy atom. The lowest BCUT2D eigenvalue weighted by atomic mass is 10.1. The summed E-state index contributed by atoms with van der Waals surface area (Å²) in [5.74, 6) is 1.65. The molecule has 0 spiro atoms. The largest absolute Gasteiger partial charge is 0.383 e.